The summed E-state index contributed by atoms with van der Waals surface area (Å²) in [6.45, 7) is 1.73. The molecule has 22 heavy (non-hydrogen) atoms. The highest BCUT2D eigenvalue weighted by atomic mass is 16.5. The van der Waals surface area contributed by atoms with Gasteiger partial charge in [0.15, 0.2) is 11.5 Å². The molecular weight excluding hydrogens is 284 g/mol. The Kier molecular flexibility index (Phi) is 5.95. The van der Waals surface area contributed by atoms with E-state index in [9.17, 15) is 0 Å². The average Bonchev–Trinajstić information content (AvgIpc) is 2.56. The Labute approximate surface area is 129 Å². The minimum atomic E-state index is 0.382. The van der Waals surface area contributed by atoms with E-state index >= 15 is 0 Å². The van der Waals surface area contributed by atoms with Crippen molar-refractivity contribution < 1.29 is 18.9 Å². The molecule has 0 bridgehead atoms. The predicted octanol–water partition coefficient (Wildman–Crippen LogP) is 2.16. The summed E-state index contributed by atoms with van der Waals surface area (Å²) in [4.78, 5) is 4.26. The van der Waals surface area contributed by atoms with Crippen LogP contribution in [0.3, 0.4) is 0 Å². The third kappa shape index (κ3) is 3.85. The van der Waals surface area contributed by atoms with Crippen LogP contribution in [0.25, 0.3) is 10.9 Å². The molecule has 0 saturated carbocycles. The summed E-state index contributed by atoms with van der Waals surface area (Å²) in [5.41, 5.74) is 1.21. The van der Waals surface area contributed by atoms with E-state index in [1.165, 1.54) is 6.20 Å². The lowest BCUT2D eigenvalue weighted by molar-refractivity contribution is 0.133. The largest absolute Gasteiger partial charge is 0.487 e. The highest BCUT2D eigenvalue weighted by Crippen LogP contribution is 2.35. The van der Waals surface area contributed by atoms with Crippen LogP contribution < -0.4 is 9.47 Å². The molecule has 0 aliphatic carbocycles. The molecule has 0 aliphatic rings. The summed E-state index contributed by atoms with van der Waals surface area (Å²) in [7, 11) is 3.22. The Hall–Kier alpha value is -2.36. The number of hydrogen-bond donors (Lipinski definition) is 0. The van der Waals surface area contributed by atoms with Crippen molar-refractivity contribution in [2.24, 2.45) is 0 Å². The van der Waals surface area contributed by atoms with E-state index in [-0.39, 0.29) is 0 Å². The van der Waals surface area contributed by atoms with Gasteiger partial charge in [-0.05, 0) is 18.2 Å². The number of aromatic nitrogens is 1. The van der Waals surface area contributed by atoms with Crippen LogP contribution in [0.5, 0.6) is 11.5 Å². The van der Waals surface area contributed by atoms with Crippen LogP contribution in [0, 0.1) is 11.3 Å². The third-order valence-electron chi connectivity index (χ3n) is 2.99. The van der Waals surface area contributed by atoms with E-state index in [1.807, 2.05) is 6.07 Å². The number of methoxy groups -OCH3 is 2. The lowest BCUT2D eigenvalue weighted by atomic mass is 10.1. The first-order valence-electron chi connectivity index (χ1n) is 6.86. The molecule has 0 unspecified atom stereocenters. The molecule has 0 atom stereocenters. The van der Waals surface area contributed by atoms with E-state index in [1.54, 1.807) is 26.4 Å². The van der Waals surface area contributed by atoms with E-state index in [2.05, 4.69) is 11.1 Å². The maximum atomic E-state index is 9.05. The topological polar surface area (TPSA) is 73.6 Å². The molecule has 2 rings (SSSR count). The van der Waals surface area contributed by atoms with Crippen LogP contribution in [0.1, 0.15) is 5.56 Å². The molecule has 116 valence electrons. The fourth-order valence-electron chi connectivity index (χ4n) is 1.94. The molecule has 0 saturated heterocycles. The van der Waals surface area contributed by atoms with Crippen molar-refractivity contribution >= 4 is 10.9 Å². The Morgan fingerprint density at radius 1 is 1.05 bits per heavy atom. The van der Waals surface area contributed by atoms with Crippen molar-refractivity contribution in [1.29, 1.82) is 5.26 Å². The monoisotopic (exact) mass is 302 g/mol. The molecule has 2 aromatic rings. The van der Waals surface area contributed by atoms with Gasteiger partial charge in [-0.15, -0.1) is 0 Å². The van der Waals surface area contributed by atoms with Crippen molar-refractivity contribution in [3.8, 4) is 17.6 Å². The number of nitriles is 1. The van der Waals surface area contributed by atoms with Gasteiger partial charge in [0.25, 0.3) is 0 Å². The molecule has 6 heteroatoms. The zero-order valence-corrected chi connectivity index (χ0v) is 12.7. The fourth-order valence-corrected chi connectivity index (χ4v) is 1.94. The molecule has 6 nitrogen and oxygen atoms in total. The molecule has 0 amide bonds. The summed E-state index contributed by atoms with van der Waals surface area (Å²) in [6.07, 6.45) is 1.53. The summed E-state index contributed by atoms with van der Waals surface area (Å²) in [6, 6.07) is 7.47. The second-order valence-corrected chi connectivity index (χ2v) is 4.48. The Balaban J connectivity index is 2.38. The van der Waals surface area contributed by atoms with Crippen LogP contribution >= 0.6 is 0 Å². The first-order valence-corrected chi connectivity index (χ1v) is 6.86. The van der Waals surface area contributed by atoms with Crippen molar-refractivity contribution in [2.75, 3.05) is 40.6 Å². The summed E-state index contributed by atoms with van der Waals surface area (Å²) in [5.74, 6) is 1.16. The maximum absolute atomic E-state index is 9.05. The van der Waals surface area contributed by atoms with E-state index in [0.717, 1.165) is 10.9 Å². The van der Waals surface area contributed by atoms with Crippen molar-refractivity contribution in [3.05, 3.63) is 30.0 Å². The second-order valence-electron chi connectivity index (χ2n) is 4.48. The molecule has 0 radical (unpaired) electrons. The van der Waals surface area contributed by atoms with Gasteiger partial charge in [0.05, 0.1) is 24.3 Å². The van der Waals surface area contributed by atoms with Gasteiger partial charge in [-0.2, -0.15) is 5.26 Å². The quantitative estimate of drug-likeness (QED) is 0.696. The Morgan fingerprint density at radius 3 is 2.45 bits per heavy atom. The summed E-state index contributed by atoms with van der Waals surface area (Å²) >= 11 is 0. The normalized spacial score (nSPS) is 10.4. The predicted molar refractivity (Wildman–Crippen MR) is 81.2 cm³/mol. The SMILES string of the molecule is COCCOc1ccc2ncc(C#N)cc2c1OCCOC. The number of nitrogens with zero attached hydrogens (tertiary/aromatic N) is 2. The molecular formula is C16H18N2O4. The highest BCUT2D eigenvalue weighted by Gasteiger charge is 2.12. The lowest BCUT2D eigenvalue weighted by Gasteiger charge is -2.14. The van der Waals surface area contributed by atoms with Gasteiger partial charge >= 0.3 is 0 Å². The number of benzene rings is 1. The fraction of sp³-hybridized carbons (Fsp3) is 0.375. The second kappa shape index (κ2) is 8.17. The Bertz CT molecular complexity index is 667. The standard InChI is InChI=1S/C16H18N2O4/c1-19-5-7-21-15-4-3-14-13(9-12(10-17)11-18-14)16(15)22-8-6-20-2/h3-4,9,11H,5-8H2,1-2H3. The van der Waals surface area contributed by atoms with Crippen LogP contribution in [0.15, 0.2) is 24.4 Å². The summed E-state index contributed by atoms with van der Waals surface area (Å²) < 4.78 is 21.5. The summed E-state index contributed by atoms with van der Waals surface area (Å²) in [5, 5.41) is 9.79. The first kappa shape index (κ1) is 16.0. The minimum absolute atomic E-state index is 0.382. The molecule has 0 aliphatic heterocycles. The minimum Gasteiger partial charge on any atom is -0.487 e. The van der Waals surface area contributed by atoms with Crippen LogP contribution in [0.4, 0.5) is 0 Å². The molecule has 0 fully saturated rings. The average molecular weight is 302 g/mol. The lowest BCUT2D eigenvalue weighted by Crippen LogP contribution is -2.09. The van der Waals surface area contributed by atoms with E-state index < -0.39 is 0 Å². The zero-order valence-electron chi connectivity index (χ0n) is 12.7. The number of pyridine rings is 1. The third-order valence-corrected chi connectivity index (χ3v) is 2.99. The van der Waals surface area contributed by atoms with Gasteiger partial charge in [-0.3, -0.25) is 4.98 Å². The maximum Gasteiger partial charge on any atom is 0.170 e. The van der Waals surface area contributed by atoms with Gasteiger partial charge in [0.2, 0.25) is 0 Å². The molecule has 0 spiro atoms. The van der Waals surface area contributed by atoms with Crippen molar-refractivity contribution in [1.82, 2.24) is 4.98 Å². The van der Waals surface area contributed by atoms with E-state index in [0.29, 0.717) is 43.5 Å². The number of fused-ring (bicyclic) bond motifs is 1. The smallest absolute Gasteiger partial charge is 0.170 e. The highest BCUT2D eigenvalue weighted by molar-refractivity contribution is 5.88. The van der Waals surface area contributed by atoms with Gasteiger partial charge in [-0.1, -0.05) is 0 Å². The number of hydrogen-bond acceptors (Lipinski definition) is 6. The van der Waals surface area contributed by atoms with Crippen molar-refractivity contribution in [2.45, 2.75) is 0 Å². The number of rotatable bonds is 8. The zero-order chi connectivity index (χ0) is 15.8. The molecule has 1 heterocycles. The van der Waals surface area contributed by atoms with Gasteiger partial charge in [-0.25, -0.2) is 0 Å². The van der Waals surface area contributed by atoms with Gasteiger partial charge in [0, 0.05) is 25.8 Å². The van der Waals surface area contributed by atoms with Gasteiger partial charge < -0.3 is 18.9 Å². The van der Waals surface area contributed by atoms with E-state index in [4.69, 9.17) is 24.2 Å². The Morgan fingerprint density at radius 2 is 1.77 bits per heavy atom. The molecule has 1 aromatic heterocycles. The van der Waals surface area contributed by atoms with Crippen LogP contribution in [-0.2, 0) is 9.47 Å². The van der Waals surface area contributed by atoms with Crippen LogP contribution in [0.2, 0.25) is 0 Å². The van der Waals surface area contributed by atoms with Crippen molar-refractivity contribution in [3.63, 3.8) is 0 Å². The number of ether oxygens (including phenoxy) is 4. The van der Waals surface area contributed by atoms with Crippen LogP contribution in [-0.4, -0.2) is 45.6 Å². The molecule has 0 N–H and O–H groups in total. The van der Waals surface area contributed by atoms with Gasteiger partial charge in [0.1, 0.15) is 19.3 Å². The molecule has 1 aromatic carbocycles. The first-order chi connectivity index (χ1) is 10.8.